The second-order valence-electron chi connectivity index (χ2n) is 5.28. The molecule has 0 aliphatic rings. The molecular weight excluding hydrogens is 380 g/mol. The van der Waals surface area contributed by atoms with Gasteiger partial charge in [0.05, 0.1) is 34.2 Å². The van der Waals surface area contributed by atoms with Crippen LogP contribution in [-0.4, -0.2) is 27.2 Å². The summed E-state index contributed by atoms with van der Waals surface area (Å²) in [6, 6.07) is 6.23. The van der Waals surface area contributed by atoms with Crippen molar-refractivity contribution >= 4 is 28.5 Å². The summed E-state index contributed by atoms with van der Waals surface area (Å²) in [6.07, 6.45) is -3.68. The van der Waals surface area contributed by atoms with Gasteiger partial charge in [0, 0.05) is 0 Å². The van der Waals surface area contributed by atoms with Crippen LogP contribution in [0.15, 0.2) is 36.5 Å². The van der Waals surface area contributed by atoms with Gasteiger partial charge < -0.3 is 9.84 Å². The SMILES string of the molecule is O=C(O)c1ccc2c(cnn2Cc2ccc(OC(F)(F)F)c(Cl)c2)c1F. The van der Waals surface area contributed by atoms with E-state index in [-0.39, 0.29) is 17.0 Å². The number of hydrogen-bond acceptors (Lipinski definition) is 3. The van der Waals surface area contributed by atoms with Gasteiger partial charge in [-0.1, -0.05) is 17.7 Å². The third-order valence-electron chi connectivity index (χ3n) is 3.55. The van der Waals surface area contributed by atoms with E-state index >= 15 is 0 Å². The first-order chi connectivity index (χ1) is 12.2. The predicted molar refractivity (Wildman–Crippen MR) is 83.9 cm³/mol. The topological polar surface area (TPSA) is 64.3 Å². The number of aromatic carboxylic acids is 1. The number of fused-ring (bicyclic) bond motifs is 1. The fourth-order valence-corrected chi connectivity index (χ4v) is 2.68. The number of rotatable bonds is 4. The van der Waals surface area contributed by atoms with Crippen LogP contribution >= 0.6 is 11.6 Å². The molecular formula is C16H9ClF4N2O3. The first kappa shape index (κ1) is 18.0. The fraction of sp³-hybridized carbons (Fsp3) is 0.125. The van der Waals surface area contributed by atoms with Crippen molar-refractivity contribution in [1.82, 2.24) is 9.78 Å². The Morgan fingerprint density at radius 2 is 2.00 bits per heavy atom. The average molecular weight is 389 g/mol. The molecule has 0 amide bonds. The Morgan fingerprint density at radius 3 is 2.62 bits per heavy atom. The van der Waals surface area contributed by atoms with E-state index in [0.717, 1.165) is 12.1 Å². The Kier molecular flexibility index (Phi) is 4.49. The summed E-state index contributed by atoms with van der Waals surface area (Å²) < 4.78 is 56.1. The van der Waals surface area contributed by atoms with Gasteiger partial charge in [0.2, 0.25) is 0 Å². The minimum Gasteiger partial charge on any atom is -0.478 e. The van der Waals surface area contributed by atoms with Crippen molar-refractivity contribution in [3.63, 3.8) is 0 Å². The number of carbonyl (C=O) groups is 1. The molecule has 1 aromatic heterocycles. The van der Waals surface area contributed by atoms with Crippen LogP contribution in [0.1, 0.15) is 15.9 Å². The lowest BCUT2D eigenvalue weighted by atomic mass is 10.1. The highest BCUT2D eigenvalue weighted by atomic mass is 35.5. The predicted octanol–water partition coefficient (Wildman–Crippen LogP) is 4.47. The Bertz CT molecular complexity index is 1000. The number of aromatic nitrogens is 2. The number of alkyl halides is 3. The van der Waals surface area contributed by atoms with E-state index < -0.39 is 29.5 Å². The van der Waals surface area contributed by atoms with E-state index in [1.165, 1.54) is 29.1 Å². The van der Waals surface area contributed by atoms with E-state index in [2.05, 4.69) is 9.84 Å². The van der Waals surface area contributed by atoms with E-state index in [1.807, 2.05) is 0 Å². The zero-order valence-electron chi connectivity index (χ0n) is 12.7. The first-order valence-electron chi connectivity index (χ1n) is 7.07. The first-order valence-corrected chi connectivity index (χ1v) is 7.45. The molecule has 0 radical (unpaired) electrons. The van der Waals surface area contributed by atoms with Gasteiger partial charge in [0.1, 0.15) is 11.6 Å². The molecule has 1 N–H and O–H groups in total. The molecule has 0 saturated carbocycles. The molecule has 0 spiro atoms. The fourth-order valence-electron chi connectivity index (χ4n) is 2.43. The van der Waals surface area contributed by atoms with Crippen molar-refractivity contribution in [3.05, 3.63) is 58.5 Å². The van der Waals surface area contributed by atoms with Gasteiger partial charge in [-0.3, -0.25) is 4.68 Å². The molecule has 10 heteroatoms. The standard InChI is InChI=1S/C16H9ClF4N2O3/c17-11-5-8(1-4-13(11)26-16(19,20)21)7-23-12-3-2-9(15(24)25)14(18)10(12)6-22-23/h1-6H,7H2,(H,24,25). The third-order valence-corrected chi connectivity index (χ3v) is 3.84. The van der Waals surface area contributed by atoms with Gasteiger partial charge >= 0.3 is 12.3 Å². The Labute approximate surface area is 148 Å². The normalized spacial score (nSPS) is 11.7. The number of carboxylic acids is 1. The van der Waals surface area contributed by atoms with Crippen molar-refractivity contribution < 1.29 is 32.2 Å². The number of halogens is 5. The molecule has 26 heavy (non-hydrogen) atoms. The summed E-state index contributed by atoms with van der Waals surface area (Å²) in [4.78, 5) is 11.0. The number of hydrogen-bond donors (Lipinski definition) is 1. The molecule has 0 bridgehead atoms. The highest BCUT2D eigenvalue weighted by Crippen LogP contribution is 2.31. The molecule has 3 rings (SSSR count). The molecule has 3 aromatic rings. The molecule has 0 aliphatic heterocycles. The molecule has 0 atom stereocenters. The Morgan fingerprint density at radius 1 is 1.27 bits per heavy atom. The quantitative estimate of drug-likeness (QED) is 0.670. The zero-order chi connectivity index (χ0) is 19.1. The van der Waals surface area contributed by atoms with Crippen LogP contribution < -0.4 is 4.74 Å². The van der Waals surface area contributed by atoms with Gasteiger partial charge in [-0.15, -0.1) is 13.2 Å². The maximum atomic E-state index is 14.2. The monoisotopic (exact) mass is 388 g/mol. The second kappa shape index (κ2) is 6.49. The average Bonchev–Trinajstić information content (AvgIpc) is 2.93. The van der Waals surface area contributed by atoms with Crippen molar-refractivity contribution in [3.8, 4) is 5.75 Å². The van der Waals surface area contributed by atoms with Crippen LogP contribution in [0.5, 0.6) is 5.75 Å². The third kappa shape index (κ3) is 3.57. The molecule has 1 heterocycles. The van der Waals surface area contributed by atoms with Crippen LogP contribution in [-0.2, 0) is 6.54 Å². The second-order valence-corrected chi connectivity index (χ2v) is 5.69. The summed E-state index contributed by atoms with van der Waals surface area (Å²) >= 11 is 5.79. The zero-order valence-corrected chi connectivity index (χ0v) is 13.5. The molecule has 136 valence electrons. The molecule has 2 aromatic carbocycles. The number of benzene rings is 2. The smallest absolute Gasteiger partial charge is 0.478 e. The summed E-state index contributed by atoms with van der Waals surface area (Å²) in [7, 11) is 0. The van der Waals surface area contributed by atoms with Crippen molar-refractivity contribution in [2.75, 3.05) is 0 Å². The van der Waals surface area contributed by atoms with Gasteiger partial charge in [-0.2, -0.15) is 5.10 Å². The molecule has 0 fully saturated rings. The minimum absolute atomic E-state index is 0.0213. The van der Waals surface area contributed by atoms with Crippen LogP contribution in [0.2, 0.25) is 5.02 Å². The Hall–Kier alpha value is -2.81. The largest absolute Gasteiger partial charge is 0.573 e. The van der Waals surface area contributed by atoms with Gasteiger partial charge in [-0.25, -0.2) is 9.18 Å². The van der Waals surface area contributed by atoms with E-state index in [9.17, 15) is 22.4 Å². The summed E-state index contributed by atoms with van der Waals surface area (Å²) in [5.41, 5.74) is 0.352. The summed E-state index contributed by atoms with van der Waals surface area (Å²) in [6.45, 7) is 0.0847. The molecule has 5 nitrogen and oxygen atoms in total. The van der Waals surface area contributed by atoms with Crippen molar-refractivity contribution in [2.24, 2.45) is 0 Å². The summed E-state index contributed by atoms with van der Waals surface area (Å²) in [5.74, 6) is -2.84. The van der Waals surface area contributed by atoms with E-state index in [4.69, 9.17) is 16.7 Å². The maximum Gasteiger partial charge on any atom is 0.573 e. The summed E-state index contributed by atoms with van der Waals surface area (Å²) in [5, 5.41) is 12.7. The lowest BCUT2D eigenvalue weighted by Gasteiger charge is -2.11. The van der Waals surface area contributed by atoms with Crippen LogP contribution in [0.4, 0.5) is 17.6 Å². The number of ether oxygens (including phenoxy) is 1. The van der Waals surface area contributed by atoms with E-state index in [0.29, 0.717) is 11.1 Å². The Balaban J connectivity index is 1.91. The van der Waals surface area contributed by atoms with Gasteiger partial charge in [0.25, 0.3) is 0 Å². The lowest BCUT2D eigenvalue weighted by molar-refractivity contribution is -0.274. The minimum atomic E-state index is -4.86. The highest BCUT2D eigenvalue weighted by molar-refractivity contribution is 6.32. The molecule has 0 unspecified atom stereocenters. The van der Waals surface area contributed by atoms with E-state index in [1.54, 1.807) is 0 Å². The van der Waals surface area contributed by atoms with Crippen LogP contribution in [0.3, 0.4) is 0 Å². The maximum absolute atomic E-state index is 14.2. The van der Waals surface area contributed by atoms with Gasteiger partial charge in [0.15, 0.2) is 0 Å². The van der Waals surface area contributed by atoms with Crippen molar-refractivity contribution in [1.29, 1.82) is 0 Å². The van der Waals surface area contributed by atoms with Crippen molar-refractivity contribution in [2.45, 2.75) is 12.9 Å². The number of carboxylic acid groups (broad SMARTS) is 1. The molecule has 0 saturated heterocycles. The van der Waals surface area contributed by atoms with Crippen LogP contribution in [0.25, 0.3) is 10.9 Å². The van der Waals surface area contributed by atoms with Crippen LogP contribution in [0, 0.1) is 5.82 Å². The molecule has 0 aliphatic carbocycles. The lowest BCUT2D eigenvalue weighted by Crippen LogP contribution is -2.17. The van der Waals surface area contributed by atoms with Gasteiger partial charge in [-0.05, 0) is 29.8 Å². The number of nitrogens with zero attached hydrogens (tertiary/aromatic N) is 2. The highest BCUT2D eigenvalue weighted by Gasteiger charge is 2.32.